The van der Waals surface area contributed by atoms with Gasteiger partial charge < -0.3 is 15.2 Å². The fourth-order valence-corrected chi connectivity index (χ4v) is 2.50. The maximum atomic E-state index is 14.2. The second-order valence-electron chi connectivity index (χ2n) is 4.41. The van der Waals surface area contributed by atoms with E-state index in [4.69, 9.17) is 5.53 Å². The smallest absolute Gasteiger partial charge is 0.331 e. The molecular weight excluding hydrogens is 257 g/mol. The van der Waals surface area contributed by atoms with Gasteiger partial charge in [0.2, 0.25) is 0 Å². The number of benzene rings is 2. The van der Waals surface area contributed by atoms with Gasteiger partial charge in [-0.1, -0.05) is 24.3 Å². The molecule has 0 aliphatic carbocycles. The number of hydrogen-bond donors (Lipinski definition) is 0. The molecule has 2 aromatic carbocycles. The van der Waals surface area contributed by atoms with Crippen LogP contribution in [-0.4, -0.2) is 22.8 Å². The van der Waals surface area contributed by atoms with E-state index >= 15 is 0 Å². The molecule has 2 aromatic rings. The largest absolute Gasteiger partial charge is 0.361 e. The van der Waals surface area contributed by atoms with Crippen molar-refractivity contribution in [3.63, 3.8) is 0 Å². The summed E-state index contributed by atoms with van der Waals surface area (Å²) in [5, 5.41) is 0. The highest BCUT2D eigenvalue weighted by Crippen LogP contribution is 2.39. The van der Waals surface area contributed by atoms with Gasteiger partial charge in [-0.25, -0.2) is 4.39 Å². The van der Waals surface area contributed by atoms with Crippen LogP contribution in [0.3, 0.4) is 0 Å². The van der Waals surface area contributed by atoms with E-state index in [0.29, 0.717) is 17.5 Å². The average molecular weight is 267 g/mol. The summed E-state index contributed by atoms with van der Waals surface area (Å²) in [6, 6.07) is 12.6. The van der Waals surface area contributed by atoms with Gasteiger partial charge in [0.15, 0.2) is 12.3 Å². The lowest BCUT2D eigenvalue weighted by molar-refractivity contribution is -0.108. The highest BCUT2D eigenvalue weighted by Gasteiger charge is 2.43. The molecule has 20 heavy (non-hydrogen) atoms. The summed E-state index contributed by atoms with van der Waals surface area (Å²) in [6.07, 6.45) is 0.640. The van der Waals surface area contributed by atoms with E-state index in [1.165, 1.54) is 17.0 Å². The molecule has 0 radical (unpaired) electrons. The molecule has 0 spiro atoms. The van der Waals surface area contributed by atoms with Crippen LogP contribution >= 0.6 is 0 Å². The van der Waals surface area contributed by atoms with Gasteiger partial charge in [0.05, 0.1) is 11.3 Å². The van der Waals surface area contributed by atoms with Crippen LogP contribution in [0.15, 0.2) is 48.5 Å². The summed E-state index contributed by atoms with van der Waals surface area (Å²) < 4.78 is 14.2. The number of para-hydroxylation sites is 2. The Morgan fingerprint density at radius 2 is 1.90 bits per heavy atom. The zero-order valence-electron chi connectivity index (χ0n) is 10.4. The third-order valence-corrected chi connectivity index (χ3v) is 3.33. The zero-order valence-corrected chi connectivity index (χ0v) is 10.4. The molecule has 0 N–H and O–H groups in total. The summed E-state index contributed by atoms with van der Waals surface area (Å²) in [7, 11) is 0. The lowest BCUT2D eigenvalue weighted by Gasteiger charge is -2.22. The summed E-state index contributed by atoms with van der Waals surface area (Å²) in [4.78, 5) is 16.1. The van der Waals surface area contributed by atoms with Gasteiger partial charge in [-0.05, 0) is 24.3 Å². The molecule has 3 rings (SSSR count). The monoisotopic (exact) mass is 267 g/mol. The molecular formula is C15H10FN3O. The minimum Gasteiger partial charge on any atom is -0.361 e. The molecule has 0 fully saturated rings. The molecule has 0 saturated carbocycles. The number of rotatable bonds is 2. The molecule has 1 unspecified atom stereocenters. The highest BCUT2D eigenvalue weighted by atomic mass is 19.1. The number of halogens is 1. The topological polar surface area (TPSA) is 56.7 Å². The molecule has 1 atom stereocenters. The summed E-state index contributed by atoms with van der Waals surface area (Å²) in [5.41, 5.74) is 10.6. The maximum absolute atomic E-state index is 14.2. The Bertz CT molecular complexity index is 723. The standard InChI is InChI=1S/C15H10FN3O/c16-12-8-4-7-11-14(18-17)13(9-20)19(15(11)12)10-5-2-1-3-6-10/h1-9,13H. The van der Waals surface area contributed by atoms with Gasteiger partial charge in [0.25, 0.3) is 0 Å². The lowest BCUT2D eigenvalue weighted by Crippen LogP contribution is -2.34. The molecule has 4 nitrogen and oxygen atoms in total. The molecule has 5 heteroatoms. The minimum absolute atomic E-state index is 0.151. The third-order valence-electron chi connectivity index (χ3n) is 3.33. The molecule has 1 aliphatic heterocycles. The zero-order chi connectivity index (χ0) is 14.1. The molecule has 0 aromatic heterocycles. The first-order chi connectivity index (χ1) is 9.77. The molecule has 0 saturated heterocycles. The number of fused-ring (bicyclic) bond motifs is 1. The quantitative estimate of drug-likeness (QED) is 0.477. The molecule has 0 bridgehead atoms. The van der Waals surface area contributed by atoms with Crippen LogP contribution < -0.4 is 4.90 Å². The van der Waals surface area contributed by atoms with Gasteiger partial charge >= 0.3 is 5.71 Å². The van der Waals surface area contributed by atoms with Crippen molar-refractivity contribution in [2.45, 2.75) is 6.04 Å². The van der Waals surface area contributed by atoms with Crippen LogP contribution in [0.25, 0.3) is 5.53 Å². The second-order valence-corrected chi connectivity index (χ2v) is 4.41. The molecule has 0 amide bonds. The Kier molecular flexibility index (Phi) is 2.89. The van der Waals surface area contributed by atoms with Crippen LogP contribution in [-0.2, 0) is 4.79 Å². The lowest BCUT2D eigenvalue weighted by atomic mass is 10.1. The van der Waals surface area contributed by atoms with Crippen molar-refractivity contribution in [2.75, 3.05) is 4.90 Å². The fraction of sp³-hybridized carbons (Fsp3) is 0.0667. The van der Waals surface area contributed by atoms with E-state index in [9.17, 15) is 9.18 Å². The summed E-state index contributed by atoms with van der Waals surface area (Å²) >= 11 is 0. The SMILES string of the molecule is [N-]=[N+]=C1c2cccc(F)c2N(c2ccccc2)C1C=O. The van der Waals surface area contributed by atoms with Crippen molar-refractivity contribution in [3.8, 4) is 0 Å². The Balaban J connectivity index is 2.30. The molecule has 1 aliphatic rings. The van der Waals surface area contributed by atoms with E-state index in [2.05, 4.69) is 4.79 Å². The van der Waals surface area contributed by atoms with Gasteiger partial charge in [-0.15, -0.1) is 0 Å². The normalized spacial score (nSPS) is 16.8. The third kappa shape index (κ3) is 1.65. The van der Waals surface area contributed by atoms with Crippen LogP contribution in [0.2, 0.25) is 0 Å². The Hall–Kier alpha value is -2.78. The van der Waals surface area contributed by atoms with Crippen LogP contribution in [0, 0.1) is 5.82 Å². The number of anilines is 2. The van der Waals surface area contributed by atoms with Gasteiger partial charge in [-0.3, -0.25) is 0 Å². The van der Waals surface area contributed by atoms with Crippen molar-refractivity contribution in [1.82, 2.24) is 0 Å². The predicted octanol–water partition coefficient (Wildman–Crippen LogP) is 2.56. The minimum atomic E-state index is -0.839. The van der Waals surface area contributed by atoms with Crippen molar-refractivity contribution in [2.24, 2.45) is 0 Å². The first kappa shape index (κ1) is 12.3. The Morgan fingerprint density at radius 1 is 1.15 bits per heavy atom. The fourth-order valence-electron chi connectivity index (χ4n) is 2.50. The van der Waals surface area contributed by atoms with E-state index in [-0.39, 0.29) is 11.4 Å². The van der Waals surface area contributed by atoms with Gasteiger partial charge in [0, 0.05) is 5.69 Å². The van der Waals surface area contributed by atoms with Crippen LogP contribution in [0.1, 0.15) is 5.56 Å². The highest BCUT2D eigenvalue weighted by molar-refractivity contribution is 6.19. The van der Waals surface area contributed by atoms with Crippen molar-refractivity contribution in [1.29, 1.82) is 0 Å². The second kappa shape index (κ2) is 4.72. The van der Waals surface area contributed by atoms with Crippen LogP contribution in [0.5, 0.6) is 0 Å². The number of carbonyl (C=O) groups is 1. The van der Waals surface area contributed by atoms with E-state index < -0.39 is 11.9 Å². The van der Waals surface area contributed by atoms with Crippen molar-refractivity contribution >= 4 is 23.4 Å². The first-order valence-corrected chi connectivity index (χ1v) is 6.08. The molecule has 1 heterocycles. The number of nitrogens with zero attached hydrogens (tertiary/aromatic N) is 3. The number of aldehydes is 1. The van der Waals surface area contributed by atoms with Gasteiger partial charge in [0.1, 0.15) is 5.82 Å². The molecule has 98 valence electrons. The average Bonchev–Trinajstić information content (AvgIpc) is 2.82. The predicted molar refractivity (Wildman–Crippen MR) is 72.6 cm³/mol. The summed E-state index contributed by atoms with van der Waals surface area (Å²) in [5.74, 6) is -0.461. The van der Waals surface area contributed by atoms with E-state index in [0.717, 1.165) is 0 Å². The van der Waals surface area contributed by atoms with Crippen LogP contribution in [0.4, 0.5) is 15.8 Å². The summed E-state index contributed by atoms with van der Waals surface area (Å²) in [6.45, 7) is 0. The Labute approximate surface area is 114 Å². The Morgan fingerprint density at radius 3 is 2.55 bits per heavy atom. The van der Waals surface area contributed by atoms with Gasteiger partial charge in [-0.2, -0.15) is 4.79 Å². The van der Waals surface area contributed by atoms with Crippen molar-refractivity contribution < 1.29 is 14.0 Å². The van der Waals surface area contributed by atoms with E-state index in [1.807, 2.05) is 6.07 Å². The number of hydrogen-bond acceptors (Lipinski definition) is 2. The first-order valence-electron chi connectivity index (χ1n) is 6.08. The van der Waals surface area contributed by atoms with E-state index in [1.54, 1.807) is 30.3 Å². The maximum Gasteiger partial charge on any atom is 0.331 e. The van der Waals surface area contributed by atoms with Crippen molar-refractivity contribution in [3.05, 3.63) is 65.4 Å². The number of carbonyl (C=O) groups excluding carboxylic acids is 1.